The zero-order chi connectivity index (χ0) is 18.7. The lowest BCUT2D eigenvalue weighted by atomic mass is 10.2. The molecule has 7 heteroatoms. The third kappa shape index (κ3) is 4.08. The summed E-state index contributed by atoms with van der Waals surface area (Å²) in [6, 6.07) is 8.71. The summed E-state index contributed by atoms with van der Waals surface area (Å²) < 4.78 is 12.8. The normalized spacial score (nSPS) is 11.0. The fraction of sp³-hybridized carbons (Fsp3) is 0.263. The summed E-state index contributed by atoms with van der Waals surface area (Å²) in [7, 11) is 1.55. The molecule has 3 rings (SSSR count). The second-order valence-corrected chi connectivity index (χ2v) is 6.50. The first-order valence-corrected chi connectivity index (χ1v) is 8.60. The lowest BCUT2D eigenvalue weighted by Crippen LogP contribution is -2.23. The van der Waals surface area contributed by atoms with Crippen molar-refractivity contribution >= 4 is 23.2 Å². The van der Waals surface area contributed by atoms with E-state index >= 15 is 0 Å². The Balaban J connectivity index is 1.70. The van der Waals surface area contributed by atoms with E-state index in [1.807, 2.05) is 30.5 Å². The van der Waals surface area contributed by atoms with Crippen LogP contribution in [0.2, 0.25) is 5.02 Å². The fourth-order valence-corrected chi connectivity index (χ4v) is 2.70. The molecule has 2 heterocycles. The predicted octanol–water partition coefficient (Wildman–Crippen LogP) is 3.71. The summed E-state index contributed by atoms with van der Waals surface area (Å²) in [6.07, 6.45) is 3.63. The highest BCUT2D eigenvalue weighted by Gasteiger charge is 2.12. The number of nitrogens with one attached hydrogen (secondary N) is 1. The Hall–Kier alpha value is -2.73. The van der Waals surface area contributed by atoms with Gasteiger partial charge in [-0.15, -0.1) is 0 Å². The van der Waals surface area contributed by atoms with Gasteiger partial charge in [0, 0.05) is 18.0 Å². The van der Waals surface area contributed by atoms with Gasteiger partial charge >= 0.3 is 0 Å². The van der Waals surface area contributed by atoms with Crippen LogP contribution in [-0.4, -0.2) is 28.5 Å². The van der Waals surface area contributed by atoms with Crippen LogP contribution in [0.1, 0.15) is 29.9 Å². The van der Waals surface area contributed by atoms with E-state index in [1.54, 1.807) is 37.6 Å². The quantitative estimate of drug-likeness (QED) is 0.715. The minimum atomic E-state index is -0.213. The second-order valence-electron chi connectivity index (χ2n) is 6.06. The van der Waals surface area contributed by atoms with Crippen molar-refractivity contribution in [3.63, 3.8) is 0 Å². The average molecular weight is 374 g/mol. The topological polar surface area (TPSA) is 64.9 Å². The minimum Gasteiger partial charge on any atom is -0.493 e. The number of carbonyl (C=O) groups excluding carboxylic acids is 1. The number of fused-ring (bicyclic) bond motifs is 1. The van der Waals surface area contributed by atoms with Crippen LogP contribution in [0.3, 0.4) is 0 Å². The van der Waals surface area contributed by atoms with Gasteiger partial charge in [0.15, 0.2) is 11.5 Å². The van der Waals surface area contributed by atoms with Crippen molar-refractivity contribution in [2.45, 2.75) is 26.5 Å². The van der Waals surface area contributed by atoms with E-state index in [1.165, 1.54) is 0 Å². The number of methoxy groups -OCH3 is 1. The Morgan fingerprint density at radius 2 is 2.04 bits per heavy atom. The van der Waals surface area contributed by atoms with E-state index in [4.69, 9.17) is 21.1 Å². The zero-order valence-corrected chi connectivity index (χ0v) is 15.6. The highest BCUT2D eigenvalue weighted by atomic mass is 35.5. The number of benzene rings is 1. The summed E-state index contributed by atoms with van der Waals surface area (Å²) in [5, 5.41) is 3.48. The van der Waals surface area contributed by atoms with Gasteiger partial charge in [0.25, 0.3) is 5.91 Å². The molecular formula is C19H20ClN3O3. The van der Waals surface area contributed by atoms with Gasteiger partial charge in [-0.25, -0.2) is 4.98 Å². The molecule has 136 valence electrons. The first-order valence-electron chi connectivity index (χ1n) is 8.22. The molecule has 0 fully saturated rings. The molecule has 26 heavy (non-hydrogen) atoms. The Labute approximate surface area is 156 Å². The molecule has 0 saturated carbocycles. The van der Waals surface area contributed by atoms with Crippen molar-refractivity contribution in [3.8, 4) is 11.5 Å². The molecule has 6 nitrogen and oxygen atoms in total. The van der Waals surface area contributed by atoms with Crippen LogP contribution >= 0.6 is 11.6 Å². The molecule has 0 aliphatic rings. The van der Waals surface area contributed by atoms with Crippen molar-refractivity contribution in [2.24, 2.45) is 0 Å². The molecule has 0 bridgehead atoms. The SMILES string of the molecule is COc1cc(C(=O)NCc2cn3cc(Cl)ccc3n2)ccc1OC(C)C. The number of carbonyl (C=O) groups is 1. The highest BCUT2D eigenvalue weighted by Crippen LogP contribution is 2.29. The molecule has 0 saturated heterocycles. The lowest BCUT2D eigenvalue weighted by Gasteiger charge is -2.14. The van der Waals surface area contributed by atoms with Crippen molar-refractivity contribution < 1.29 is 14.3 Å². The highest BCUT2D eigenvalue weighted by molar-refractivity contribution is 6.30. The molecule has 0 radical (unpaired) electrons. The van der Waals surface area contributed by atoms with E-state index in [0.717, 1.165) is 11.3 Å². The minimum absolute atomic E-state index is 0.0205. The molecule has 0 unspecified atom stereocenters. The predicted molar refractivity (Wildman–Crippen MR) is 100 cm³/mol. The van der Waals surface area contributed by atoms with E-state index in [0.29, 0.717) is 28.6 Å². The Morgan fingerprint density at radius 1 is 1.23 bits per heavy atom. The Kier molecular flexibility index (Phi) is 5.32. The van der Waals surface area contributed by atoms with Crippen LogP contribution in [0, 0.1) is 0 Å². The summed E-state index contributed by atoms with van der Waals surface area (Å²) >= 11 is 5.97. The summed E-state index contributed by atoms with van der Waals surface area (Å²) in [5.41, 5.74) is 2.01. The van der Waals surface area contributed by atoms with Crippen LogP contribution in [-0.2, 0) is 6.54 Å². The van der Waals surface area contributed by atoms with Gasteiger partial charge in [-0.05, 0) is 44.2 Å². The van der Waals surface area contributed by atoms with Crippen molar-refractivity contribution in [1.29, 1.82) is 0 Å². The number of rotatable bonds is 6. The molecule has 3 aromatic rings. The summed E-state index contributed by atoms with van der Waals surface area (Å²) in [5.74, 6) is 0.916. The number of hydrogen-bond acceptors (Lipinski definition) is 4. The van der Waals surface area contributed by atoms with Crippen LogP contribution < -0.4 is 14.8 Å². The monoisotopic (exact) mass is 373 g/mol. The summed E-state index contributed by atoms with van der Waals surface area (Å²) in [6.45, 7) is 4.18. The standard InChI is InChI=1S/C19H20ClN3O3/c1-12(2)26-16-6-4-13(8-17(16)25-3)19(24)21-9-15-11-23-10-14(20)5-7-18(23)22-15/h4-8,10-12H,9H2,1-3H3,(H,21,24). The third-order valence-corrected chi connectivity index (χ3v) is 3.91. The van der Waals surface area contributed by atoms with Crippen molar-refractivity contribution in [2.75, 3.05) is 7.11 Å². The number of halogens is 1. The van der Waals surface area contributed by atoms with Gasteiger partial charge in [0.2, 0.25) is 0 Å². The Morgan fingerprint density at radius 3 is 2.77 bits per heavy atom. The van der Waals surface area contributed by atoms with E-state index in [9.17, 15) is 4.79 Å². The smallest absolute Gasteiger partial charge is 0.251 e. The molecule has 1 N–H and O–H groups in total. The van der Waals surface area contributed by atoms with Crippen LogP contribution in [0.15, 0.2) is 42.7 Å². The number of amides is 1. The van der Waals surface area contributed by atoms with Crippen LogP contribution in [0.5, 0.6) is 11.5 Å². The summed E-state index contributed by atoms with van der Waals surface area (Å²) in [4.78, 5) is 16.9. The molecule has 0 atom stereocenters. The number of hydrogen-bond donors (Lipinski definition) is 1. The maximum atomic E-state index is 12.4. The van der Waals surface area contributed by atoms with Gasteiger partial charge in [0.05, 0.1) is 30.5 Å². The molecule has 2 aromatic heterocycles. The van der Waals surface area contributed by atoms with Gasteiger partial charge in [-0.1, -0.05) is 11.6 Å². The fourth-order valence-electron chi connectivity index (χ4n) is 2.54. The number of ether oxygens (including phenoxy) is 2. The zero-order valence-electron chi connectivity index (χ0n) is 14.8. The van der Waals surface area contributed by atoms with Crippen molar-refractivity contribution in [1.82, 2.24) is 14.7 Å². The van der Waals surface area contributed by atoms with Crippen molar-refractivity contribution in [3.05, 3.63) is 59.0 Å². The molecule has 0 aliphatic heterocycles. The maximum absolute atomic E-state index is 12.4. The first-order chi connectivity index (χ1) is 12.5. The van der Waals surface area contributed by atoms with E-state index in [2.05, 4.69) is 10.3 Å². The maximum Gasteiger partial charge on any atom is 0.251 e. The lowest BCUT2D eigenvalue weighted by molar-refractivity contribution is 0.0950. The van der Waals surface area contributed by atoms with Gasteiger partial charge < -0.3 is 19.2 Å². The van der Waals surface area contributed by atoms with Gasteiger partial charge in [-0.2, -0.15) is 0 Å². The Bertz CT molecular complexity index is 937. The third-order valence-electron chi connectivity index (χ3n) is 3.68. The van der Waals surface area contributed by atoms with Gasteiger partial charge in [-0.3, -0.25) is 4.79 Å². The van der Waals surface area contributed by atoms with Crippen LogP contribution in [0.4, 0.5) is 0 Å². The molecular weight excluding hydrogens is 354 g/mol. The van der Waals surface area contributed by atoms with E-state index < -0.39 is 0 Å². The largest absolute Gasteiger partial charge is 0.493 e. The molecule has 0 aliphatic carbocycles. The molecule has 1 aromatic carbocycles. The molecule has 1 amide bonds. The number of imidazole rings is 1. The van der Waals surface area contributed by atoms with Crippen LogP contribution in [0.25, 0.3) is 5.65 Å². The van der Waals surface area contributed by atoms with Gasteiger partial charge in [0.1, 0.15) is 5.65 Å². The first kappa shape index (κ1) is 18.1. The molecule has 0 spiro atoms. The number of nitrogens with zero attached hydrogens (tertiary/aromatic N) is 2. The number of aromatic nitrogens is 2. The average Bonchev–Trinajstić information content (AvgIpc) is 3.01. The number of pyridine rings is 1. The second kappa shape index (κ2) is 7.66. The van der Waals surface area contributed by atoms with E-state index in [-0.39, 0.29) is 12.0 Å².